The number of benzene rings is 3. The molecule has 0 aliphatic carbocycles. The van der Waals surface area contributed by atoms with Crippen molar-refractivity contribution in [2.45, 2.75) is 20.5 Å². The molecule has 1 aliphatic rings. The number of hydrogen-bond donors (Lipinski definition) is 0. The molecule has 0 unspecified atom stereocenters. The summed E-state index contributed by atoms with van der Waals surface area (Å²) in [6, 6.07) is 19.6. The molecule has 0 saturated heterocycles. The Labute approximate surface area is 220 Å². The van der Waals surface area contributed by atoms with Gasteiger partial charge in [0.05, 0.1) is 6.61 Å². The highest BCUT2D eigenvalue weighted by atomic mass is 127. The van der Waals surface area contributed by atoms with Gasteiger partial charge in [-0.15, -0.1) is 0 Å². The third-order valence-corrected chi connectivity index (χ3v) is 6.83. The number of ether oxygens (including phenoxy) is 3. The molecule has 0 saturated carbocycles. The second-order valence-electron chi connectivity index (χ2n) is 7.35. The van der Waals surface area contributed by atoms with Crippen molar-refractivity contribution in [2.24, 2.45) is 4.99 Å². The zero-order valence-corrected chi connectivity index (χ0v) is 22.4. The molecule has 5 nitrogen and oxygen atoms in total. The number of halogens is 2. The fourth-order valence-corrected chi connectivity index (χ4v) is 3.91. The molecule has 1 aliphatic heterocycles. The zero-order valence-electron chi connectivity index (χ0n) is 18.1. The Balaban J connectivity index is 1.56. The lowest BCUT2D eigenvalue weighted by atomic mass is 10.1. The van der Waals surface area contributed by atoms with E-state index in [1.54, 1.807) is 6.08 Å². The summed E-state index contributed by atoms with van der Waals surface area (Å²) >= 11 is 4.54. The average molecular weight is 665 g/mol. The van der Waals surface area contributed by atoms with Crippen LogP contribution in [0.15, 0.2) is 71.4 Å². The Morgan fingerprint density at radius 2 is 1.76 bits per heavy atom. The van der Waals surface area contributed by atoms with E-state index < -0.39 is 5.97 Å². The van der Waals surface area contributed by atoms with Crippen LogP contribution in [-0.2, 0) is 16.1 Å². The second kappa shape index (κ2) is 10.7. The molecule has 0 aromatic heterocycles. The van der Waals surface area contributed by atoms with Crippen LogP contribution in [0.3, 0.4) is 0 Å². The molecule has 1 heterocycles. The highest BCUT2D eigenvalue weighted by molar-refractivity contribution is 14.1. The first-order valence-corrected chi connectivity index (χ1v) is 12.5. The largest absolute Gasteiger partial charge is 0.490 e. The Morgan fingerprint density at radius 1 is 0.970 bits per heavy atom. The molecule has 0 atom stereocenters. The van der Waals surface area contributed by atoms with E-state index in [1.165, 1.54) is 3.57 Å². The van der Waals surface area contributed by atoms with Gasteiger partial charge >= 0.3 is 5.97 Å². The first kappa shape index (κ1) is 23.7. The lowest BCUT2D eigenvalue weighted by Crippen LogP contribution is -2.05. The minimum absolute atomic E-state index is 0.246. The molecule has 4 rings (SSSR count). The predicted octanol–water partition coefficient (Wildman–Crippen LogP) is 6.53. The van der Waals surface area contributed by atoms with Crippen LogP contribution in [0.25, 0.3) is 6.08 Å². The standard InChI is InChI=1S/C26H21I2NO4/c1-3-31-24-14-18(6-11-23(24)32-15-17-4-8-20(27)9-5-17)13-22-26(30)33-25(29-22)19-7-10-21(28)16(2)12-19/h4-14H,3,15H2,1-2H3/b22-13-. The number of carbonyl (C=O) groups excluding carboxylic acids is 1. The first-order valence-electron chi connectivity index (χ1n) is 10.4. The van der Waals surface area contributed by atoms with Crippen LogP contribution < -0.4 is 9.47 Å². The highest BCUT2D eigenvalue weighted by Crippen LogP contribution is 2.31. The van der Waals surface area contributed by atoms with Crippen molar-refractivity contribution in [3.05, 3.63) is 95.8 Å². The highest BCUT2D eigenvalue weighted by Gasteiger charge is 2.24. The van der Waals surface area contributed by atoms with Gasteiger partial charge in [0.25, 0.3) is 0 Å². The van der Waals surface area contributed by atoms with Crippen LogP contribution in [-0.4, -0.2) is 18.5 Å². The number of aliphatic imine (C=N–C) groups is 1. The summed E-state index contributed by atoms with van der Waals surface area (Å²) < 4.78 is 19.5. The molecule has 0 bridgehead atoms. The minimum Gasteiger partial charge on any atom is -0.490 e. The van der Waals surface area contributed by atoms with Gasteiger partial charge in [0.2, 0.25) is 5.90 Å². The molecule has 33 heavy (non-hydrogen) atoms. The van der Waals surface area contributed by atoms with Crippen molar-refractivity contribution in [1.29, 1.82) is 0 Å². The maximum absolute atomic E-state index is 12.4. The van der Waals surface area contributed by atoms with E-state index in [4.69, 9.17) is 14.2 Å². The molecule has 0 N–H and O–H groups in total. The Bertz CT molecular complexity index is 1250. The number of esters is 1. The number of rotatable bonds is 7. The molecule has 0 radical (unpaired) electrons. The summed E-state index contributed by atoms with van der Waals surface area (Å²) in [5.41, 5.74) is 3.97. The lowest BCUT2D eigenvalue weighted by molar-refractivity contribution is -0.129. The van der Waals surface area contributed by atoms with Gasteiger partial charge in [0.1, 0.15) is 6.61 Å². The van der Waals surface area contributed by atoms with Crippen LogP contribution in [0.2, 0.25) is 0 Å². The number of carbonyl (C=O) groups is 1. The average Bonchev–Trinajstić information content (AvgIpc) is 3.16. The van der Waals surface area contributed by atoms with Crippen LogP contribution in [0.4, 0.5) is 0 Å². The normalized spacial score (nSPS) is 14.2. The van der Waals surface area contributed by atoms with Gasteiger partial charge < -0.3 is 14.2 Å². The number of hydrogen-bond acceptors (Lipinski definition) is 5. The van der Waals surface area contributed by atoms with E-state index in [1.807, 2.05) is 74.5 Å². The predicted molar refractivity (Wildman–Crippen MR) is 146 cm³/mol. The van der Waals surface area contributed by atoms with Crippen molar-refractivity contribution in [3.63, 3.8) is 0 Å². The topological polar surface area (TPSA) is 57.1 Å². The van der Waals surface area contributed by atoms with Crippen molar-refractivity contribution < 1.29 is 19.0 Å². The summed E-state index contributed by atoms with van der Waals surface area (Å²) in [6.07, 6.45) is 1.69. The van der Waals surface area contributed by atoms with E-state index in [0.717, 1.165) is 25.8 Å². The summed E-state index contributed by atoms with van der Waals surface area (Å²) in [4.78, 5) is 16.8. The Hall–Kier alpha value is -2.40. The molecule has 0 fully saturated rings. The summed E-state index contributed by atoms with van der Waals surface area (Å²) in [5, 5.41) is 0. The summed E-state index contributed by atoms with van der Waals surface area (Å²) in [6.45, 7) is 4.86. The van der Waals surface area contributed by atoms with Crippen molar-refractivity contribution in [3.8, 4) is 11.5 Å². The van der Waals surface area contributed by atoms with Crippen LogP contribution in [0.5, 0.6) is 11.5 Å². The van der Waals surface area contributed by atoms with Crippen LogP contribution in [0, 0.1) is 14.1 Å². The molecule has 7 heteroatoms. The minimum atomic E-state index is -0.474. The van der Waals surface area contributed by atoms with Gasteiger partial charge in [-0.1, -0.05) is 18.2 Å². The van der Waals surface area contributed by atoms with Crippen LogP contribution in [0.1, 0.15) is 29.2 Å². The fraction of sp³-hybridized carbons (Fsp3) is 0.154. The Morgan fingerprint density at radius 3 is 2.48 bits per heavy atom. The third kappa shape index (κ3) is 5.94. The fourth-order valence-electron chi connectivity index (χ4n) is 3.21. The molecular weight excluding hydrogens is 644 g/mol. The quantitative estimate of drug-likeness (QED) is 0.164. The van der Waals surface area contributed by atoms with E-state index in [0.29, 0.717) is 30.6 Å². The van der Waals surface area contributed by atoms with Gasteiger partial charge in [-0.3, -0.25) is 0 Å². The third-order valence-electron chi connectivity index (χ3n) is 4.90. The van der Waals surface area contributed by atoms with E-state index >= 15 is 0 Å². The van der Waals surface area contributed by atoms with Gasteiger partial charge in [-0.25, -0.2) is 9.79 Å². The Kier molecular flexibility index (Phi) is 7.69. The monoisotopic (exact) mass is 665 g/mol. The second-order valence-corrected chi connectivity index (χ2v) is 9.76. The van der Waals surface area contributed by atoms with Crippen molar-refractivity contribution in [2.75, 3.05) is 6.61 Å². The van der Waals surface area contributed by atoms with Crippen molar-refractivity contribution >= 4 is 63.1 Å². The van der Waals surface area contributed by atoms with E-state index in [2.05, 4.69) is 50.2 Å². The molecule has 3 aromatic rings. The SMILES string of the molecule is CCOc1cc(/C=C2\N=C(c3ccc(I)c(C)c3)OC2=O)ccc1OCc1ccc(I)cc1. The zero-order chi connectivity index (χ0) is 23.4. The van der Waals surface area contributed by atoms with Gasteiger partial charge in [-0.2, -0.15) is 0 Å². The van der Waals surface area contributed by atoms with Gasteiger partial charge in [0.15, 0.2) is 17.2 Å². The maximum atomic E-state index is 12.4. The maximum Gasteiger partial charge on any atom is 0.363 e. The summed E-state index contributed by atoms with van der Waals surface area (Å²) in [7, 11) is 0. The van der Waals surface area contributed by atoms with Crippen molar-refractivity contribution in [1.82, 2.24) is 0 Å². The molecule has 3 aromatic carbocycles. The first-order chi connectivity index (χ1) is 15.9. The molecule has 168 valence electrons. The number of aryl methyl sites for hydroxylation is 1. The van der Waals surface area contributed by atoms with Gasteiger partial charge in [0, 0.05) is 12.7 Å². The van der Waals surface area contributed by atoms with E-state index in [-0.39, 0.29) is 5.70 Å². The van der Waals surface area contributed by atoms with Gasteiger partial charge in [-0.05, 0) is 124 Å². The molecule has 0 spiro atoms. The van der Waals surface area contributed by atoms with E-state index in [9.17, 15) is 4.79 Å². The van der Waals surface area contributed by atoms with Crippen LogP contribution >= 0.6 is 45.2 Å². The summed E-state index contributed by atoms with van der Waals surface area (Å²) in [5.74, 6) is 1.10. The molecular formula is C26H21I2NO4. The number of nitrogens with zero attached hydrogens (tertiary/aromatic N) is 1. The number of cyclic esters (lactones) is 1. The smallest absolute Gasteiger partial charge is 0.363 e. The molecule has 0 amide bonds. The lowest BCUT2D eigenvalue weighted by Gasteiger charge is -2.13.